The van der Waals surface area contributed by atoms with Crippen molar-refractivity contribution in [1.29, 1.82) is 0 Å². The molecule has 1 heterocycles. The van der Waals surface area contributed by atoms with Crippen LogP contribution in [0.15, 0.2) is 64.5 Å². The Balaban J connectivity index is 1.75. The van der Waals surface area contributed by atoms with Gasteiger partial charge in [-0.3, -0.25) is 9.79 Å². The lowest BCUT2D eigenvalue weighted by atomic mass is 10.0. The summed E-state index contributed by atoms with van der Waals surface area (Å²) >= 11 is 0. The first-order valence-electron chi connectivity index (χ1n) is 9.61. The number of piperazine rings is 1. The van der Waals surface area contributed by atoms with E-state index in [0.29, 0.717) is 17.2 Å². The fourth-order valence-electron chi connectivity index (χ4n) is 3.03. The molecule has 0 radical (unpaired) electrons. The second-order valence-electron chi connectivity index (χ2n) is 6.86. The zero-order chi connectivity index (χ0) is 21.5. The molecule has 1 amide bonds. The molecule has 0 aromatic heterocycles. The summed E-state index contributed by atoms with van der Waals surface area (Å²) in [5.41, 5.74) is 8.79. The average Bonchev–Trinajstić information content (AvgIpc) is 2.77. The Morgan fingerprint density at radius 1 is 1.20 bits per heavy atom. The van der Waals surface area contributed by atoms with Crippen molar-refractivity contribution in [2.75, 3.05) is 37.2 Å². The number of nitrogen functional groups attached to an aromatic ring is 1. The number of carbonyl (C=O) groups is 1. The van der Waals surface area contributed by atoms with Crippen molar-refractivity contribution in [3.8, 4) is 11.1 Å². The Hall–Kier alpha value is -3.52. The van der Waals surface area contributed by atoms with Gasteiger partial charge in [0.25, 0.3) is 5.91 Å². The third kappa shape index (κ3) is 5.30. The summed E-state index contributed by atoms with van der Waals surface area (Å²) in [5, 5.41) is 6.05. The summed E-state index contributed by atoms with van der Waals surface area (Å²) in [5.74, 6) is -0.0591. The van der Waals surface area contributed by atoms with E-state index in [1.54, 1.807) is 37.4 Å². The van der Waals surface area contributed by atoms with Gasteiger partial charge in [-0.15, -0.1) is 0 Å². The predicted octanol–water partition coefficient (Wildman–Crippen LogP) is 2.88. The Morgan fingerprint density at radius 3 is 2.53 bits per heavy atom. The lowest BCUT2D eigenvalue weighted by Gasteiger charge is -2.28. The van der Waals surface area contributed by atoms with Gasteiger partial charge in [-0.05, 0) is 49.0 Å². The molecule has 0 spiro atoms. The van der Waals surface area contributed by atoms with Crippen molar-refractivity contribution in [1.82, 2.24) is 10.2 Å². The molecule has 2 aromatic rings. The third-order valence-corrected chi connectivity index (χ3v) is 4.78. The third-order valence-electron chi connectivity index (χ3n) is 4.78. The van der Waals surface area contributed by atoms with Crippen LogP contribution in [0.1, 0.15) is 6.92 Å². The molecule has 1 aliphatic heterocycles. The van der Waals surface area contributed by atoms with Crippen LogP contribution in [0.4, 0.5) is 15.8 Å². The van der Waals surface area contributed by atoms with Gasteiger partial charge in [-0.1, -0.05) is 18.2 Å². The number of hydrogen-bond acceptors (Lipinski definition) is 6. The lowest BCUT2D eigenvalue weighted by molar-refractivity contribution is -0.110. The number of aliphatic imine (C=N–C) groups is 2. The number of halogens is 1. The second kappa shape index (κ2) is 9.80. The summed E-state index contributed by atoms with van der Waals surface area (Å²) in [6.07, 6.45) is 1.55. The highest BCUT2D eigenvalue weighted by Gasteiger charge is 2.13. The van der Waals surface area contributed by atoms with Crippen LogP contribution >= 0.6 is 0 Å². The van der Waals surface area contributed by atoms with E-state index in [2.05, 4.69) is 32.2 Å². The van der Waals surface area contributed by atoms with E-state index in [0.717, 1.165) is 37.3 Å². The number of rotatable bonds is 6. The van der Waals surface area contributed by atoms with Crippen LogP contribution in [0.2, 0.25) is 0 Å². The van der Waals surface area contributed by atoms with Crippen molar-refractivity contribution < 1.29 is 9.18 Å². The highest BCUT2D eigenvalue weighted by atomic mass is 19.1. The van der Waals surface area contributed by atoms with Crippen molar-refractivity contribution in [2.24, 2.45) is 9.98 Å². The fraction of sp³-hybridized carbons (Fsp3) is 0.227. The van der Waals surface area contributed by atoms with E-state index in [-0.39, 0.29) is 17.4 Å². The highest BCUT2D eigenvalue weighted by Crippen LogP contribution is 2.27. The molecular formula is C22H25FN6O. The van der Waals surface area contributed by atoms with Gasteiger partial charge in [-0.2, -0.15) is 0 Å². The monoisotopic (exact) mass is 408 g/mol. The van der Waals surface area contributed by atoms with Gasteiger partial charge in [-0.25, -0.2) is 9.38 Å². The van der Waals surface area contributed by atoms with Gasteiger partial charge < -0.3 is 21.3 Å². The molecule has 0 unspecified atom stereocenters. The molecule has 3 rings (SSSR count). The number of carbonyl (C=O) groups excluding carboxylic acids is 1. The normalized spacial score (nSPS) is 15.1. The topological polar surface area (TPSA) is 95.1 Å². The van der Waals surface area contributed by atoms with Crippen molar-refractivity contribution in [3.63, 3.8) is 0 Å². The molecule has 30 heavy (non-hydrogen) atoms. The van der Waals surface area contributed by atoms with Gasteiger partial charge in [0.15, 0.2) is 0 Å². The van der Waals surface area contributed by atoms with E-state index in [9.17, 15) is 9.18 Å². The van der Waals surface area contributed by atoms with Gasteiger partial charge in [0.1, 0.15) is 17.3 Å². The number of nitrogens with one attached hydrogen (secondary N) is 2. The molecule has 0 saturated carbocycles. The van der Waals surface area contributed by atoms with Crippen LogP contribution in [0.5, 0.6) is 0 Å². The number of hydrogen-bond donors (Lipinski definition) is 3. The van der Waals surface area contributed by atoms with Gasteiger partial charge in [0.2, 0.25) is 0 Å². The fourth-order valence-corrected chi connectivity index (χ4v) is 3.03. The molecule has 0 atom stereocenters. The highest BCUT2D eigenvalue weighted by molar-refractivity contribution is 6.42. The second-order valence-corrected chi connectivity index (χ2v) is 6.86. The SMILES string of the molecule is C=N/C(=C\N=C(/C)C(=O)Nc1cc(-c2ccc(F)cc2)ccc1N)N1CCNCC1. The number of anilines is 2. The Labute approximate surface area is 175 Å². The number of amides is 1. The maximum absolute atomic E-state index is 13.2. The molecule has 0 aliphatic carbocycles. The Kier molecular flexibility index (Phi) is 6.92. The van der Waals surface area contributed by atoms with Gasteiger partial charge >= 0.3 is 0 Å². The van der Waals surface area contributed by atoms with Crippen molar-refractivity contribution in [2.45, 2.75) is 6.92 Å². The molecule has 1 aliphatic rings. The first-order valence-corrected chi connectivity index (χ1v) is 9.61. The number of nitrogens with two attached hydrogens (primary N) is 1. The van der Waals surface area contributed by atoms with Crippen LogP contribution in [0.3, 0.4) is 0 Å². The standard InChI is InChI=1S/C22H25FN6O/c1-15(27-14-21(25-2)29-11-9-26-10-12-29)22(30)28-20-13-17(5-8-19(20)24)16-3-6-18(23)7-4-16/h3-8,13-14,26H,2,9-12,24H2,1H3,(H,28,30)/b21-14+,27-15+. The summed E-state index contributed by atoms with van der Waals surface area (Å²) in [6, 6.07) is 11.4. The van der Waals surface area contributed by atoms with E-state index < -0.39 is 0 Å². The van der Waals surface area contributed by atoms with Gasteiger partial charge in [0, 0.05) is 26.2 Å². The smallest absolute Gasteiger partial charge is 0.269 e. The molecule has 1 fully saturated rings. The van der Waals surface area contributed by atoms with E-state index in [1.165, 1.54) is 12.1 Å². The largest absolute Gasteiger partial charge is 0.397 e. The van der Waals surface area contributed by atoms with Crippen molar-refractivity contribution in [3.05, 3.63) is 60.3 Å². The average molecular weight is 408 g/mol. The van der Waals surface area contributed by atoms with Crippen molar-refractivity contribution >= 4 is 29.7 Å². The van der Waals surface area contributed by atoms with Crippen LogP contribution in [0, 0.1) is 5.82 Å². The molecular weight excluding hydrogens is 383 g/mol. The van der Waals surface area contributed by atoms with E-state index in [1.807, 2.05) is 6.07 Å². The zero-order valence-corrected chi connectivity index (χ0v) is 16.9. The van der Waals surface area contributed by atoms with Crippen LogP contribution in [0.25, 0.3) is 11.1 Å². The van der Waals surface area contributed by atoms with Crippen LogP contribution in [-0.2, 0) is 4.79 Å². The Morgan fingerprint density at radius 2 is 1.87 bits per heavy atom. The summed E-state index contributed by atoms with van der Waals surface area (Å²) in [7, 11) is 0. The van der Waals surface area contributed by atoms with E-state index >= 15 is 0 Å². The molecule has 8 heteroatoms. The number of benzene rings is 2. The summed E-state index contributed by atoms with van der Waals surface area (Å²) in [4.78, 5) is 22.9. The summed E-state index contributed by atoms with van der Waals surface area (Å²) in [6.45, 7) is 8.54. The Bertz CT molecular complexity index is 978. The molecule has 1 saturated heterocycles. The molecule has 156 valence electrons. The zero-order valence-electron chi connectivity index (χ0n) is 16.9. The first kappa shape index (κ1) is 21.2. The van der Waals surface area contributed by atoms with Crippen LogP contribution < -0.4 is 16.4 Å². The number of nitrogens with zero attached hydrogens (tertiary/aromatic N) is 3. The molecule has 2 aromatic carbocycles. The van der Waals surface area contributed by atoms with E-state index in [4.69, 9.17) is 5.73 Å². The lowest BCUT2D eigenvalue weighted by Crippen LogP contribution is -2.42. The summed E-state index contributed by atoms with van der Waals surface area (Å²) < 4.78 is 13.2. The quantitative estimate of drug-likeness (QED) is 0.506. The molecule has 0 bridgehead atoms. The first-order chi connectivity index (χ1) is 14.5. The maximum atomic E-state index is 13.2. The van der Waals surface area contributed by atoms with Crippen LogP contribution in [-0.4, -0.2) is 49.4 Å². The molecule has 4 N–H and O–H groups in total. The molecule has 7 nitrogen and oxygen atoms in total. The minimum Gasteiger partial charge on any atom is -0.397 e. The minimum absolute atomic E-state index is 0.262. The minimum atomic E-state index is -0.377. The predicted molar refractivity (Wildman–Crippen MR) is 120 cm³/mol. The van der Waals surface area contributed by atoms with Gasteiger partial charge in [0.05, 0.1) is 17.6 Å². The maximum Gasteiger partial charge on any atom is 0.269 e.